The zero-order valence-corrected chi connectivity index (χ0v) is 14.3. The summed E-state index contributed by atoms with van der Waals surface area (Å²) in [6, 6.07) is 23.8. The normalized spacial score (nSPS) is 10.5. The Bertz CT molecular complexity index is 804. The molecule has 0 aliphatic heterocycles. The number of phenols is 1. The maximum absolute atomic E-state index is 9.32. The summed E-state index contributed by atoms with van der Waals surface area (Å²) >= 11 is 7.24. The molecular formula is C20H16OS2. The summed E-state index contributed by atoms with van der Waals surface area (Å²) in [5.41, 5.74) is 3.36. The van der Waals surface area contributed by atoms with Crippen LogP contribution in [0.3, 0.4) is 0 Å². The van der Waals surface area contributed by atoms with Crippen LogP contribution in [0.15, 0.2) is 82.6 Å². The van der Waals surface area contributed by atoms with E-state index in [9.17, 15) is 5.11 Å². The topological polar surface area (TPSA) is 20.2 Å². The molecule has 23 heavy (non-hydrogen) atoms. The van der Waals surface area contributed by atoms with Crippen LogP contribution in [0.25, 0.3) is 0 Å². The summed E-state index contributed by atoms with van der Waals surface area (Å²) in [6.07, 6.45) is 0. The lowest BCUT2D eigenvalue weighted by Crippen LogP contribution is -1.99. The van der Waals surface area contributed by atoms with Crippen molar-refractivity contribution in [1.82, 2.24) is 0 Å². The predicted octanol–water partition coefficient (Wildman–Crippen LogP) is 5.62. The van der Waals surface area contributed by atoms with E-state index in [2.05, 4.69) is 55.5 Å². The molecule has 0 fully saturated rings. The van der Waals surface area contributed by atoms with E-state index in [1.54, 1.807) is 23.9 Å². The van der Waals surface area contributed by atoms with E-state index in [0.29, 0.717) is 0 Å². The van der Waals surface area contributed by atoms with Gasteiger partial charge < -0.3 is 5.11 Å². The van der Waals surface area contributed by atoms with Crippen LogP contribution in [0.5, 0.6) is 5.75 Å². The summed E-state index contributed by atoms with van der Waals surface area (Å²) in [5.74, 6) is 0.285. The van der Waals surface area contributed by atoms with Crippen molar-refractivity contribution in [2.45, 2.75) is 16.7 Å². The van der Waals surface area contributed by atoms with Gasteiger partial charge in [0.15, 0.2) is 0 Å². The van der Waals surface area contributed by atoms with Gasteiger partial charge in [-0.3, -0.25) is 0 Å². The third kappa shape index (κ3) is 4.01. The average molecular weight is 336 g/mol. The lowest BCUT2D eigenvalue weighted by Gasteiger charge is -2.07. The maximum atomic E-state index is 9.32. The molecule has 3 heteroatoms. The van der Waals surface area contributed by atoms with Gasteiger partial charge in [-0.1, -0.05) is 65.9 Å². The van der Waals surface area contributed by atoms with Gasteiger partial charge in [-0.2, -0.15) is 0 Å². The largest absolute Gasteiger partial charge is 0.508 e. The van der Waals surface area contributed by atoms with Gasteiger partial charge in [0.25, 0.3) is 0 Å². The minimum absolute atomic E-state index is 0.285. The van der Waals surface area contributed by atoms with E-state index < -0.39 is 0 Å². The molecule has 0 aromatic heterocycles. The molecule has 3 aromatic rings. The van der Waals surface area contributed by atoms with Crippen LogP contribution >= 0.6 is 24.0 Å². The third-order valence-electron chi connectivity index (χ3n) is 3.50. The van der Waals surface area contributed by atoms with Crippen LogP contribution in [0.2, 0.25) is 0 Å². The molecule has 0 aliphatic carbocycles. The Kier molecular flexibility index (Phi) is 4.79. The molecule has 0 unspecified atom stereocenters. The second-order valence-corrected chi connectivity index (χ2v) is 6.87. The number of hydrogen-bond donors (Lipinski definition) is 1. The highest BCUT2D eigenvalue weighted by Gasteiger charge is 2.05. The molecule has 0 aliphatic rings. The fraction of sp³-hybridized carbons (Fsp3) is 0.0500. The molecule has 114 valence electrons. The smallest absolute Gasteiger partial charge is 0.115 e. The second-order valence-electron chi connectivity index (χ2n) is 5.32. The number of aryl methyl sites for hydroxylation is 1. The van der Waals surface area contributed by atoms with Gasteiger partial charge in [0.05, 0.1) is 4.86 Å². The highest BCUT2D eigenvalue weighted by Crippen LogP contribution is 2.29. The first kappa shape index (κ1) is 15.8. The fourth-order valence-electron chi connectivity index (χ4n) is 2.20. The molecule has 0 atom stereocenters. The van der Waals surface area contributed by atoms with Gasteiger partial charge in [-0.15, -0.1) is 0 Å². The monoisotopic (exact) mass is 336 g/mol. The number of rotatable bonds is 4. The molecule has 0 heterocycles. The van der Waals surface area contributed by atoms with E-state index in [4.69, 9.17) is 12.2 Å². The Morgan fingerprint density at radius 3 is 1.70 bits per heavy atom. The molecule has 1 nitrogen and oxygen atoms in total. The van der Waals surface area contributed by atoms with E-state index in [0.717, 1.165) is 25.8 Å². The Hall–Kier alpha value is -2.10. The molecule has 0 radical (unpaired) electrons. The van der Waals surface area contributed by atoms with Crippen LogP contribution in [0.4, 0.5) is 0 Å². The van der Waals surface area contributed by atoms with E-state index in [1.165, 1.54) is 5.56 Å². The number of thiocarbonyl (C=S) groups is 1. The van der Waals surface area contributed by atoms with Crippen LogP contribution < -0.4 is 0 Å². The SMILES string of the molecule is Cc1ccc(C(=S)c2ccc(Sc3ccc(O)cc3)cc2)cc1. The van der Waals surface area contributed by atoms with Gasteiger partial charge in [0.1, 0.15) is 5.75 Å². The van der Waals surface area contributed by atoms with Crippen LogP contribution in [0, 0.1) is 6.92 Å². The van der Waals surface area contributed by atoms with Crippen LogP contribution in [0.1, 0.15) is 16.7 Å². The quantitative estimate of drug-likeness (QED) is 0.493. The third-order valence-corrected chi connectivity index (χ3v) is 4.99. The van der Waals surface area contributed by atoms with E-state index >= 15 is 0 Å². The van der Waals surface area contributed by atoms with Crippen molar-refractivity contribution >= 4 is 28.8 Å². The van der Waals surface area contributed by atoms with Crippen molar-refractivity contribution in [3.63, 3.8) is 0 Å². The van der Waals surface area contributed by atoms with Crippen molar-refractivity contribution in [2.75, 3.05) is 0 Å². The zero-order chi connectivity index (χ0) is 16.2. The minimum atomic E-state index is 0.285. The lowest BCUT2D eigenvalue weighted by molar-refractivity contribution is 0.475. The molecule has 3 rings (SSSR count). The number of phenolic OH excluding ortho intramolecular Hbond substituents is 1. The first-order valence-corrected chi connectivity index (χ1v) is 8.52. The molecule has 0 saturated carbocycles. The second kappa shape index (κ2) is 6.99. The first-order chi connectivity index (χ1) is 11.1. The van der Waals surface area contributed by atoms with Crippen LogP contribution in [-0.2, 0) is 0 Å². The Balaban J connectivity index is 1.75. The molecular weight excluding hydrogens is 320 g/mol. The van der Waals surface area contributed by atoms with E-state index in [1.807, 2.05) is 12.1 Å². The van der Waals surface area contributed by atoms with Crippen molar-refractivity contribution in [3.05, 3.63) is 89.5 Å². The van der Waals surface area contributed by atoms with Gasteiger partial charge >= 0.3 is 0 Å². The predicted molar refractivity (Wildman–Crippen MR) is 101 cm³/mol. The lowest BCUT2D eigenvalue weighted by atomic mass is 10.0. The first-order valence-electron chi connectivity index (χ1n) is 7.30. The number of hydrogen-bond acceptors (Lipinski definition) is 3. The van der Waals surface area contributed by atoms with E-state index in [-0.39, 0.29) is 5.75 Å². The number of benzene rings is 3. The van der Waals surface area contributed by atoms with Gasteiger partial charge in [0, 0.05) is 9.79 Å². The molecule has 0 bridgehead atoms. The maximum Gasteiger partial charge on any atom is 0.115 e. The fourth-order valence-corrected chi connectivity index (χ4v) is 3.28. The summed E-state index contributed by atoms with van der Waals surface area (Å²) < 4.78 is 0. The highest BCUT2D eigenvalue weighted by molar-refractivity contribution is 7.99. The van der Waals surface area contributed by atoms with Crippen LogP contribution in [-0.4, -0.2) is 9.97 Å². The van der Waals surface area contributed by atoms with Gasteiger partial charge in [-0.05, 0) is 54.4 Å². The summed E-state index contributed by atoms with van der Waals surface area (Å²) in [7, 11) is 0. The van der Waals surface area contributed by atoms with Gasteiger partial charge in [-0.25, -0.2) is 0 Å². The minimum Gasteiger partial charge on any atom is -0.508 e. The Labute approximate surface area is 146 Å². The molecule has 0 saturated heterocycles. The molecule has 3 aromatic carbocycles. The zero-order valence-electron chi connectivity index (χ0n) is 12.7. The highest BCUT2D eigenvalue weighted by atomic mass is 32.2. The summed E-state index contributed by atoms with van der Waals surface area (Å²) in [5, 5.41) is 9.32. The molecule has 0 spiro atoms. The summed E-state index contributed by atoms with van der Waals surface area (Å²) in [4.78, 5) is 3.11. The Morgan fingerprint density at radius 2 is 1.17 bits per heavy atom. The number of aromatic hydroxyl groups is 1. The molecule has 0 amide bonds. The van der Waals surface area contributed by atoms with Crippen molar-refractivity contribution < 1.29 is 5.11 Å². The standard InChI is InChI=1S/C20H16OS2/c1-14-2-4-15(5-3-14)20(22)16-6-10-18(11-7-16)23-19-12-8-17(21)9-13-19/h2-13,21H,1H3. The van der Waals surface area contributed by atoms with Crippen molar-refractivity contribution in [3.8, 4) is 5.75 Å². The molecule has 1 N–H and O–H groups in total. The van der Waals surface area contributed by atoms with Gasteiger partial charge in [0.2, 0.25) is 0 Å². The Morgan fingerprint density at radius 1 is 0.739 bits per heavy atom. The van der Waals surface area contributed by atoms with Crippen molar-refractivity contribution in [2.24, 2.45) is 0 Å². The summed E-state index contributed by atoms with van der Waals surface area (Å²) in [6.45, 7) is 2.07. The van der Waals surface area contributed by atoms with Crippen molar-refractivity contribution in [1.29, 1.82) is 0 Å². The average Bonchev–Trinajstić information content (AvgIpc) is 2.58.